The van der Waals surface area contributed by atoms with Crippen LogP contribution in [0.2, 0.25) is 5.02 Å². The van der Waals surface area contributed by atoms with E-state index in [2.05, 4.69) is 15.0 Å². The van der Waals surface area contributed by atoms with Crippen molar-refractivity contribution in [3.63, 3.8) is 0 Å². The van der Waals surface area contributed by atoms with E-state index in [0.717, 1.165) is 0 Å². The molecule has 2 aromatic rings. The summed E-state index contributed by atoms with van der Waals surface area (Å²) in [6.07, 6.45) is 1.30. The summed E-state index contributed by atoms with van der Waals surface area (Å²) >= 11 is 5.90. The summed E-state index contributed by atoms with van der Waals surface area (Å²) in [5.74, 6) is -0.426. The number of carbonyl (C=O) groups is 1. The second-order valence-electron chi connectivity index (χ2n) is 3.15. The maximum absolute atomic E-state index is 11.6. The van der Waals surface area contributed by atoms with Gasteiger partial charge in [-0.25, -0.2) is 0 Å². The van der Waals surface area contributed by atoms with Gasteiger partial charge >= 0.3 is 0 Å². The van der Waals surface area contributed by atoms with Gasteiger partial charge in [0.05, 0.1) is 22.3 Å². The molecule has 1 aromatic heterocycles. The van der Waals surface area contributed by atoms with Crippen LogP contribution < -0.4 is 5.32 Å². The number of nitrogens with zero attached hydrogens (tertiary/aromatic N) is 2. The third-order valence-electron chi connectivity index (χ3n) is 2.02. The lowest BCUT2D eigenvalue weighted by atomic mass is 10.2. The Balaban J connectivity index is 2.20. The van der Waals surface area contributed by atoms with Crippen LogP contribution in [0.25, 0.3) is 0 Å². The zero-order chi connectivity index (χ0) is 12.3. The van der Waals surface area contributed by atoms with Crippen LogP contribution in [0.3, 0.4) is 0 Å². The number of anilines is 1. The Bertz CT molecular complexity index is 587. The largest absolute Gasteiger partial charge is 0.364 e. The van der Waals surface area contributed by atoms with E-state index in [1.54, 1.807) is 12.1 Å². The molecule has 84 valence electrons. The van der Waals surface area contributed by atoms with Crippen LogP contribution in [0.4, 0.5) is 5.69 Å². The molecular weight excluding hydrogens is 242 g/mol. The van der Waals surface area contributed by atoms with Crippen molar-refractivity contribution in [1.29, 1.82) is 5.26 Å². The van der Waals surface area contributed by atoms with Gasteiger partial charge in [0, 0.05) is 6.07 Å². The Morgan fingerprint density at radius 3 is 2.88 bits per heavy atom. The highest BCUT2D eigenvalue weighted by atomic mass is 35.5. The Hall–Kier alpha value is -2.32. The predicted molar refractivity (Wildman–Crippen MR) is 60.6 cm³/mol. The zero-order valence-electron chi connectivity index (χ0n) is 8.48. The third-order valence-corrected chi connectivity index (χ3v) is 2.33. The second kappa shape index (κ2) is 4.68. The minimum atomic E-state index is -0.426. The molecule has 0 aliphatic carbocycles. The normalized spacial score (nSPS) is 9.65. The molecule has 6 heteroatoms. The molecule has 1 heterocycles. The first-order valence-corrected chi connectivity index (χ1v) is 5.00. The van der Waals surface area contributed by atoms with E-state index in [1.807, 2.05) is 6.07 Å². The number of aromatic nitrogens is 1. The first-order chi connectivity index (χ1) is 8.20. The van der Waals surface area contributed by atoms with Gasteiger partial charge in [-0.1, -0.05) is 16.8 Å². The lowest BCUT2D eigenvalue weighted by Gasteiger charge is -2.05. The number of rotatable bonds is 2. The van der Waals surface area contributed by atoms with Crippen molar-refractivity contribution in [3.8, 4) is 6.07 Å². The van der Waals surface area contributed by atoms with Crippen molar-refractivity contribution in [3.05, 3.63) is 46.8 Å². The molecule has 5 nitrogen and oxygen atoms in total. The number of hydrogen-bond donors (Lipinski definition) is 1. The molecule has 0 bridgehead atoms. The molecule has 1 N–H and O–H groups in total. The van der Waals surface area contributed by atoms with Gasteiger partial charge in [0.1, 0.15) is 6.26 Å². The topological polar surface area (TPSA) is 78.9 Å². The molecule has 0 aliphatic heterocycles. The number of hydrogen-bond acceptors (Lipinski definition) is 4. The van der Waals surface area contributed by atoms with Gasteiger partial charge in [-0.15, -0.1) is 0 Å². The van der Waals surface area contributed by atoms with Crippen molar-refractivity contribution in [1.82, 2.24) is 5.16 Å². The number of carbonyl (C=O) groups excluding carboxylic acids is 1. The molecule has 0 radical (unpaired) electrons. The van der Waals surface area contributed by atoms with Gasteiger partial charge in [-0.3, -0.25) is 4.79 Å². The summed E-state index contributed by atoms with van der Waals surface area (Å²) < 4.78 is 4.55. The SMILES string of the molecule is N#Cc1ccc(NC(=O)c2ccon2)c(Cl)c1. The Morgan fingerprint density at radius 1 is 1.47 bits per heavy atom. The van der Waals surface area contributed by atoms with E-state index < -0.39 is 5.91 Å². The number of amides is 1. The second-order valence-corrected chi connectivity index (χ2v) is 3.55. The number of nitrogens with one attached hydrogen (secondary N) is 1. The van der Waals surface area contributed by atoms with Crippen LogP contribution in [0, 0.1) is 11.3 Å². The van der Waals surface area contributed by atoms with Crippen LogP contribution >= 0.6 is 11.6 Å². The Labute approximate surface area is 102 Å². The van der Waals surface area contributed by atoms with E-state index in [1.165, 1.54) is 18.4 Å². The average molecular weight is 248 g/mol. The fraction of sp³-hybridized carbons (Fsp3) is 0. The predicted octanol–water partition coefficient (Wildman–Crippen LogP) is 2.45. The summed E-state index contributed by atoms with van der Waals surface area (Å²) in [4.78, 5) is 11.6. The summed E-state index contributed by atoms with van der Waals surface area (Å²) in [5.41, 5.74) is 0.999. The van der Waals surface area contributed by atoms with E-state index in [0.29, 0.717) is 16.3 Å². The molecule has 0 atom stereocenters. The first kappa shape index (κ1) is 11.2. The minimum absolute atomic E-state index is 0.158. The van der Waals surface area contributed by atoms with Crippen molar-refractivity contribution < 1.29 is 9.32 Å². The molecule has 0 fully saturated rings. The van der Waals surface area contributed by atoms with Gasteiger partial charge in [0.15, 0.2) is 5.69 Å². The molecule has 0 saturated heterocycles. The fourth-order valence-corrected chi connectivity index (χ4v) is 1.43. The maximum Gasteiger partial charge on any atom is 0.277 e. The third kappa shape index (κ3) is 2.44. The molecular formula is C11H6ClN3O2. The van der Waals surface area contributed by atoms with Crippen molar-refractivity contribution in [2.45, 2.75) is 0 Å². The standard InChI is InChI=1S/C11H6ClN3O2/c12-8-5-7(6-13)1-2-9(8)14-11(16)10-3-4-17-15-10/h1-5H,(H,14,16). The van der Waals surface area contributed by atoms with E-state index >= 15 is 0 Å². The van der Waals surface area contributed by atoms with Crippen molar-refractivity contribution >= 4 is 23.2 Å². The lowest BCUT2D eigenvalue weighted by Crippen LogP contribution is -2.12. The van der Waals surface area contributed by atoms with Crippen LogP contribution in [0.1, 0.15) is 16.1 Å². The fourth-order valence-electron chi connectivity index (χ4n) is 1.20. The molecule has 1 aromatic carbocycles. The van der Waals surface area contributed by atoms with Crippen molar-refractivity contribution in [2.75, 3.05) is 5.32 Å². The van der Waals surface area contributed by atoms with Gasteiger partial charge in [-0.05, 0) is 18.2 Å². The van der Waals surface area contributed by atoms with E-state index in [9.17, 15) is 4.79 Å². The highest BCUT2D eigenvalue weighted by Gasteiger charge is 2.11. The van der Waals surface area contributed by atoms with E-state index in [4.69, 9.17) is 16.9 Å². The quantitative estimate of drug-likeness (QED) is 0.884. The van der Waals surface area contributed by atoms with Gasteiger partial charge < -0.3 is 9.84 Å². The van der Waals surface area contributed by atoms with Crippen LogP contribution in [-0.4, -0.2) is 11.1 Å². The first-order valence-electron chi connectivity index (χ1n) is 4.62. The van der Waals surface area contributed by atoms with Crippen LogP contribution in [-0.2, 0) is 0 Å². The van der Waals surface area contributed by atoms with Crippen LogP contribution in [0.5, 0.6) is 0 Å². The average Bonchev–Trinajstić information content (AvgIpc) is 2.85. The smallest absolute Gasteiger partial charge is 0.277 e. The number of benzene rings is 1. The molecule has 0 saturated carbocycles. The Kier molecular flexibility index (Phi) is 3.08. The molecule has 0 unspecified atom stereocenters. The Morgan fingerprint density at radius 2 is 2.29 bits per heavy atom. The maximum atomic E-state index is 11.6. The van der Waals surface area contributed by atoms with Gasteiger partial charge in [-0.2, -0.15) is 5.26 Å². The highest BCUT2D eigenvalue weighted by molar-refractivity contribution is 6.34. The van der Waals surface area contributed by atoms with E-state index in [-0.39, 0.29) is 5.69 Å². The highest BCUT2D eigenvalue weighted by Crippen LogP contribution is 2.23. The van der Waals surface area contributed by atoms with Gasteiger partial charge in [0.2, 0.25) is 0 Å². The summed E-state index contributed by atoms with van der Waals surface area (Å²) in [6.45, 7) is 0. The lowest BCUT2D eigenvalue weighted by molar-refractivity contribution is 0.101. The molecule has 2 rings (SSSR count). The van der Waals surface area contributed by atoms with Crippen LogP contribution in [0.15, 0.2) is 35.1 Å². The number of nitriles is 1. The zero-order valence-corrected chi connectivity index (χ0v) is 9.23. The summed E-state index contributed by atoms with van der Waals surface area (Å²) in [5, 5.41) is 15.0. The number of halogens is 1. The minimum Gasteiger partial charge on any atom is -0.364 e. The monoisotopic (exact) mass is 247 g/mol. The molecule has 17 heavy (non-hydrogen) atoms. The van der Waals surface area contributed by atoms with Crippen molar-refractivity contribution in [2.24, 2.45) is 0 Å². The molecule has 0 aliphatic rings. The van der Waals surface area contributed by atoms with Gasteiger partial charge in [0.25, 0.3) is 5.91 Å². The summed E-state index contributed by atoms with van der Waals surface area (Å²) in [7, 11) is 0. The molecule has 0 spiro atoms. The molecule has 1 amide bonds. The summed E-state index contributed by atoms with van der Waals surface area (Å²) in [6, 6.07) is 7.98.